The second kappa shape index (κ2) is 8.98. The summed E-state index contributed by atoms with van der Waals surface area (Å²) in [4.78, 5) is 13.1. The molecule has 0 radical (unpaired) electrons. The van der Waals surface area contributed by atoms with E-state index in [9.17, 15) is 4.79 Å². The molecule has 0 saturated heterocycles. The van der Waals surface area contributed by atoms with Crippen molar-refractivity contribution in [1.29, 1.82) is 0 Å². The predicted octanol–water partition coefficient (Wildman–Crippen LogP) is 8.92. The first-order valence-electron chi connectivity index (χ1n) is 15.1. The Kier molecular flexibility index (Phi) is 6.35. The third kappa shape index (κ3) is 3.72. The number of nitrogens with zero attached hydrogens (tertiary/aromatic N) is 4. The van der Waals surface area contributed by atoms with Crippen LogP contribution in [0.5, 0.6) is 0 Å². The van der Waals surface area contributed by atoms with Crippen molar-refractivity contribution >= 4 is 28.0 Å². The van der Waals surface area contributed by atoms with E-state index >= 15 is 0 Å². The molecule has 37 heavy (non-hydrogen) atoms. The lowest BCUT2D eigenvalue weighted by molar-refractivity contribution is -0.124. The summed E-state index contributed by atoms with van der Waals surface area (Å²) in [5.41, 5.74) is 3.67. The van der Waals surface area contributed by atoms with E-state index in [1.165, 1.54) is 44.3 Å². The molecule has 8 heteroatoms. The fraction of sp³-hybridized carbons (Fsp3) is 0.862. The van der Waals surface area contributed by atoms with Gasteiger partial charge in [0.15, 0.2) is 5.28 Å². The number of hydrogen-bond acceptors (Lipinski definition) is 5. The standard InChI is InChI=1S/C29H47N4O2PSi/c1-18(2)37(19(3)4,20(5)6)35-26(28-15-22-12-23(16-28)14-24(13-22)17-28)27-30-32-29-11-9-8-10-25(29)31-33(21(7)34)36(27)29/h18-20,22-24H,8-17H2,1-7H3/b27-26-. The van der Waals surface area contributed by atoms with E-state index in [1.807, 2.05) is 4.78 Å². The molecule has 5 saturated carbocycles. The normalized spacial score (nSPS) is 39.5. The highest BCUT2D eigenvalue weighted by molar-refractivity contribution is 7.63. The third-order valence-corrected chi connectivity index (χ3v) is 19.6. The molecular formula is C29H47N4O2PSi. The molecule has 7 aliphatic rings. The lowest BCUT2D eigenvalue weighted by atomic mass is 9.49. The topological polar surface area (TPSA) is 66.6 Å². The first-order valence-corrected chi connectivity index (χ1v) is 18.5. The molecule has 0 N–H and O–H groups in total. The summed E-state index contributed by atoms with van der Waals surface area (Å²) < 4.78 is 9.61. The first-order chi connectivity index (χ1) is 17.5. The number of hydrogen-bond donors (Lipinski definition) is 0. The predicted molar refractivity (Wildman–Crippen MR) is 153 cm³/mol. The van der Waals surface area contributed by atoms with Crippen LogP contribution in [0.3, 0.4) is 0 Å². The highest BCUT2D eigenvalue weighted by atomic mass is 31.1. The van der Waals surface area contributed by atoms with Crippen LogP contribution in [0.1, 0.15) is 113 Å². The van der Waals surface area contributed by atoms with Gasteiger partial charge < -0.3 is 4.43 Å². The Hall–Kier alpha value is -1.07. The van der Waals surface area contributed by atoms with Crippen molar-refractivity contribution < 1.29 is 9.22 Å². The number of carbonyl (C=O) groups is 1. The Morgan fingerprint density at radius 3 is 2.05 bits per heavy atom. The number of rotatable bonds is 6. The van der Waals surface area contributed by atoms with Crippen LogP contribution in [0.4, 0.5) is 0 Å². The summed E-state index contributed by atoms with van der Waals surface area (Å²) in [7, 11) is -3.36. The van der Waals surface area contributed by atoms with Crippen molar-refractivity contribution in [1.82, 2.24) is 4.78 Å². The summed E-state index contributed by atoms with van der Waals surface area (Å²) >= 11 is 0. The number of allylic oxidation sites excluding steroid dienone is 1. The summed E-state index contributed by atoms with van der Waals surface area (Å²) in [6, 6.07) is 0. The zero-order chi connectivity index (χ0) is 26.3. The van der Waals surface area contributed by atoms with Crippen LogP contribution in [0, 0.1) is 23.2 Å². The quantitative estimate of drug-likeness (QED) is 0.191. The van der Waals surface area contributed by atoms with E-state index in [0.29, 0.717) is 16.6 Å². The molecule has 204 valence electrons. The second-order valence-electron chi connectivity index (χ2n) is 14.2. The van der Waals surface area contributed by atoms with Crippen molar-refractivity contribution in [3.05, 3.63) is 11.2 Å². The summed E-state index contributed by atoms with van der Waals surface area (Å²) in [6.45, 7) is 16.0. The first kappa shape index (κ1) is 26.2. The molecular weight excluding hydrogens is 495 g/mol. The van der Waals surface area contributed by atoms with Gasteiger partial charge >= 0.3 is 0 Å². The van der Waals surface area contributed by atoms with Crippen LogP contribution in [-0.4, -0.2) is 30.0 Å². The molecule has 5 fully saturated rings. The average Bonchev–Trinajstić information content (AvgIpc) is 3.32. The molecule has 2 unspecified atom stereocenters. The van der Waals surface area contributed by atoms with Crippen molar-refractivity contribution in [2.24, 2.45) is 38.5 Å². The monoisotopic (exact) mass is 542 g/mol. The van der Waals surface area contributed by atoms with Crippen molar-refractivity contribution in [2.75, 3.05) is 0 Å². The zero-order valence-corrected chi connectivity index (χ0v) is 26.0. The van der Waals surface area contributed by atoms with Crippen LogP contribution in [0.15, 0.2) is 26.5 Å². The fourth-order valence-corrected chi connectivity index (χ4v) is 18.2. The van der Waals surface area contributed by atoms with Gasteiger partial charge in [0.1, 0.15) is 19.3 Å². The van der Waals surface area contributed by atoms with Gasteiger partial charge in [0.05, 0.1) is 5.71 Å². The number of amides is 1. The Morgan fingerprint density at radius 1 is 0.973 bits per heavy atom. The van der Waals surface area contributed by atoms with Crippen molar-refractivity contribution in [3.8, 4) is 0 Å². The molecule has 0 aromatic heterocycles. The maximum Gasteiger partial charge on any atom is 0.258 e. The van der Waals surface area contributed by atoms with Gasteiger partial charge in [-0.15, -0.1) is 5.11 Å². The SMILES string of the molecule is CC(=O)N1N=C2CCCCC23N=N/C(=C(/O[Si](C(C)C)(C(C)C)C(C)C)C24CC5CC(CC(C5)C2)C4)P13. The van der Waals surface area contributed by atoms with E-state index in [0.717, 1.165) is 54.6 Å². The molecule has 4 bridgehead atoms. The minimum atomic E-state index is -2.24. The minimum Gasteiger partial charge on any atom is -0.544 e. The van der Waals surface area contributed by atoms with E-state index in [1.54, 1.807) is 6.92 Å². The van der Waals surface area contributed by atoms with Crippen LogP contribution in [-0.2, 0) is 9.22 Å². The molecule has 2 atom stereocenters. The van der Waals surface area contributed by atoms with Crippen molar-refractivity contribution in [2.45, 2.75) is 135 Å². The van der Waals surface area contributed by atoms with Gasteiger partial charge in [-0.2, -0.15) is 10.2 Å². The molecule has 6 nitrogen and oxygen atoms in total. The summed E-state index contributed by atoms with van der Waals surface area (Å²) in [5.74, 6) is 3.66. The van der Waals surface area contributed by atoms with Crippen LogP contribution in [0.2, 0.25) is 16.6 Å². The molecule has 7 rings (SSSR count). The van der Waals surface area contributed by atoms with E-state index in [2.05, 4.69) is 41.5 Å². The van der Waals surface area contributed by atoms with Gasteiger partial charge in [-0.3, -0.25) is 4.79 Å². The van der Waals surface area contributed by atoms with E-state index < -0.39 is 21.7 Å². The second-order valence-corrected chi connectivity index (χ2v) is 21.7. The maximum absolute atomic E-state index is 13.1. The van der Waals surface area contributed by atoms with E-state index in [-0.39, 0.29) is 11.3 Å². The molecule has 5 aliphatic carbocycles. The lowest BCUT2D eigenvalue weighted by Gasteiger charge is -2.59. The Bertz CT molecular complexity index is 1010. The van der Waals surface area contributed by atoms with Gasteiger partial charge in [-0.05, 0) is 98.6 Å². The summed E-state index contributed by atoms with van der Waals surface area (Å²) in [6.07, 6.45) is 12.1. The Balaban J connectivity index is 1.55. The van der Waals surface area contributed by atoms with Crippen LogP contribution in [0.25, 0.3) is 0 Å². The van der Waals surface area contributed by atoms with Gasteiger partial charge in [0.25, 0.3) is 8.32 Å². The third-order valence-electron chi connectivity index (χ3n) is 10.9. The Morgan fingerprint density at radius 2 is 1.54 bits per heavy atom. The number of hydrazone groups is 1. The minimum absolute atomic E-state index is 0.0298. The van der Waals surface area contributed by atoms with Gasteiger partial charge in [-0.25, -0.2) is 4.78 Å². The maximum atomic E-state index is 13.1. The molecule has 0 aromatic rings. The molecule has 1 amide bonds. The average molecular weight is 543 g/mol. The molecule has 2 aliphatic heterocycles. The summed E-state index contributed by atoms with van der Waals surface area (Å²) in [5, 5.41) is 14.8. The van der Waals surface area contributed by atoms with Gasteiger partial charge in [0, 0.05) is 12.3 Å². The Labute approximate surface area is 226 Å². The smallest absolute Gasteiger partial charge is 0.258 e. The van der Waals surface area contributed by atoms with Crippen molar-refractivity contribution in [3.63, 3.8) is 0 Å². The highest BCUT2D eigenvalue weighted by Crippen LogP contribution is 2.74. The largest absolute Gasteiger partial charge is 0.544 e. The number of azo groups is 1. The number of carbonyl (C=O) groups excluding carboxylic acids is 1. The lowest BCUT2D eigenvalue weighted by Crippen LogP contribution is -2.53. The van der Waals surface area contributed by atoms with Crippen LogP contribution >= 0.6 is 8.07 Å². The molecule has 2 heterocycles. The van der Waals surface area contributed by atoms with Gasteiger partial charge in [0.2, 0.25) is 5.91 Å². The van der Waals surface area contributed by atoms with Gasteiger partial charge in [-0.1, -0.05) is 41.5 Å². The van der Waals surface area contributed by atoms with Crippen LogP contribution < -0.4 is 0 Å². The molecule has 1 spiro atoms. The highest BCUT2D eigenvalue weighted by Gasteiger charge is 2.63. The zero-order valence-electron chi connectivity index (χ0n) is 24.1. The molecule has 0 aromatic carbocycles. The fourth-order valence-electron chi connectivity index (χ4n) is 9.93. The van der Waals surface area contributed by atoms with E-state index in [4.69, 9.17) is 19.8 Å².